The van der Waals surface area contributed by atoms with Crippen molar-refractivity contribution in [3.05, 3.63) is 36.5 Å². The minimum Gasteiger partial charge on any atom is -0.394 e. The number of aliphatic hydroxyl groups is 1. The van der Waals surface area contributed by atoms with Gasteiger partial charge in [0.1, 0.15) is 18.0 Å². The smallest absolute Gasteiger partial charge is 0.144 e. The Bertz CT molecular complexity index is 687. The van der Waals surface area contributed by atoms with E-state index in [-0.39, 0.29) is 18.5 Å². The van der Waals surface area contributed by atoms with E-state index in [1.807, 2.05) is 16.8 Å². The molecule has 2 heterocycles. The van der Waals surface area contributed by atoms with E-state index in [0.29, 0.717) is 6.04 Å². The van der Waals surface area contributed by atoms with Crippen molar-refractivity contribution in [3.8, 4) is 5.69 Å². The first-order chi connectivity index (χ1) is 11.6. The predicted molar refractivity (Wildman–Crippen MR) is 94.4 cm³/mol. The number of halogens is 1. The van der Waals surface area contributed by atoms with Gasteiger partial charge < -0.3 is 19.9 Å². The summed E-state index contributed by atoms with van der Waals surface area (Å²) >= 11 is 0. The molecule has 1 fully saturated rings. The van der Waals surface area contributed by atoms with Gasteiger partial charge in [-0.2, -0.15) is 0 Å². The van der Waals surface area contributed by atoms with Gasteiger partial charge >= 0.3 is 0 Å². The number of nitrogens with zero attached hydrogens (tertiary/aromatic N) is 3. The lowest BCUT2D eigenvalue weighted by Gasteiger charge is -2.25. The van der Waals surface area contributed by atoms with Crippen LogP contribution in [0.3, 0.4) is 0 Å². The summed E-state index contributed by atoms with van der Waals surface area (Å²) in [6.45, 7) is 5.15. The van der Waals surface area contributed by atoms with Crippen LogP contribution >= 0.6 is 0 Å². The van der Waals surface area contributed by atoms with Crippen LogP contribution in [0.25, 0.3) is 5.69 Å². The molecule has 1 aromatic carbocycles. The van der Waals surface area contributed by atoms with Crippen molar-refractivity contribution in [2.45, 2.75) is 45.2 Å². The molecule has 1 aliphatic rings. The van der Waals surface area contributed by atoms with E-state index in [1.165, 1.54) is 12.1 Å². The van der Waals surface area contributed by atoms with Crippen LogP contribution in [0, 0.1) is 5.82 Å². The second kappa shape index (κ2) is 7.21. The van der Waals surface area contributed by atoms with Crippen LogP contribution in [0.15, 0.2) is 30.7 Å². The van der Waals surface area contributed by atoms with Crippen molar-refractivity contribution in [1.82, 2.24) is 9.55 Å². The molecule has 2 aromatic rings. The van der Waals surface area contributed by atoms with Gasteiger partial charge in [0.2, 0.25) is 0 Å². The molecule has 24 heavy (non-hydrogen) atoms. The highest BCUT2D eigenvalue weighted by atomic mass is 19.1. The first-order valence-electron chi connectivity index (χ1n) is 8.59. The number of nitrogens with one attached hydrogen (secondary N) is 1. The summed E-state index contributed by atoms with van der Waals surface area (Å²) in [5, 5.41) is 12.8. The van der Waals surface area contributed by atoms with E-state index in [0.717, 1.165) is 43.0 Å². The first-order valence-corrected chi connectivity index (χ1v) is 8.59. The molecule has 0 amide bonds. The summed E-state index contributed by atoms with van der Waals surface area (Å²) in [7, 11) is 0. The number of anilines is 2. The Morgan fingerprint density at radius 2 is 2.17 bits per heavy atom. The van der Waals surface area contributed by atoms with Crippen LogP contribution in [0.1, 0.15) is 33.1 Å². The third-order valence-corrected chi connectivity index (χ3v) is 4.67. The second-order valence-corrected chi connectivity index (χ2v) is 6.46. The summed E-state index contributed by atoms with van der Waals surface area (Å²) in [5.41, 5.74) is 1.55. The van der Waals surface area contributed by atoms with Gasteiger partial charge in [-0.05, 0) is 44.4 Å². The topological polar surface area (TPSA) is 53.3 Å². The molecule has 2 atom stereocenters. The molecule has 1 aliphatic heterocycles. The van der Waals surface area contributed by atoms with Gasteiger partial charge in [0.05, 0.1) is 24.5 Å². The average molecular weight is 332 g/mol. The van der Waals surface area contributed by atoms with Gasteiger partial charge in [-0.25, -0.2) is 9.37 Å². The molecule has 6 heteroatoms. The van der Waals surface area contributed by atoms with Crippen LogP contribution < -0.4 is 10.2 Å². The van der Waals surface area contributed by atoms with E-state index in [2.05, 4.69) is 29.0 Å². The summed E-state index contributed by atoms with van der Waals surface area (Å²) < 4.78 is 16.0. The van der Waals surface area contributed by atoms with Crippen molar-refractivity contribution in [2.24, 2.45) is 0 Å². The fourth-order valence-electron chi connectivity index (χ4n) is 3.13. The quantitative estimate of drug-likeness (QED) is 0.853. The van der Waals surface area contributed by atoms with E-state index in [4.69, 9.17) is 0 Å². The van der Waals surface area contributed by atoms with Crippen molar-refractivity contribution in [1.29, 1.82) is 0 Å². The lowest BCUT2D eigenvalue weighted by molar-refractivity contribution is 0.266. The summed E-state index contributed by atoms with van der Waals surface area (Å²) in [6.07, 6.45) is 6.53. The van der Waals surface area contributed by atoms with Gasteiger partial charge in [-0.3, -0.25) is 0 Å². The highest BCUT2D eigenvalue weighted by Crippen LogP contribution is 2.28. The number of hydrogen-bond acceptors (Lipinski definition) is 4. The molecule has 0 spiro atoms. The Hall–Kier alpha value is -2.08. The van der Waals surface area contributed by atoms with Gasteiger partial charge in [-0.15, -0.1) is 0 Å². The first kappa shape index (κ1) is 16.8. The maximum Gasteiger partial charge on any atom is 0.144 e. The van der Waals surface area contributed by atoms with Gasteiger partial charge in [0.15, 0.2) is 0 Å². The predicted octanol–water partition coefficient (Wildman–Crippen LogP) is 3.18. The van der Waals surface area contributed by atoms with Crippen LogP contribution in [-0.2, 0) is 0 Å². The maximum absolute atomic E-state index is 14.1. The number of imidazole rings is 1. The largest absolute Gasteiger partial charge is 0.394 e. The average Bonchev–Trinajstić information content (AvgIpc) is 3.23. The minimum absolute atomic E-state index is 0.0741. The minimum atomic E-state index is -0.281. The normalized spacial score (nSPS) is 18.8. The summed E-state index contributed by atoms with van der Waals surface area (Å²) in [5.74, 6) is 0.501. The third-order valence-electron chi connectivity index (χ3n) is 4.67. The number of benzene rings is 1. The van der Waals surface area contributed by atoms with Crippen LogP contribution in [0.2, 0.25) is 0 Å². The Morgan fingerprint density at radius 3 is 2.92 bits per heavy atom. The van der Waals surface area contributed by atoms with Gasteiger partial charge in [-0.1, -0.05) is 6.92 Å². The number of rotatable bonds is 6. The monoisotopic (exact) mass is 332 g/mol. The van der Waals surface area contributed by atoms with Crippen molar-refractivity contribution < 1.29 is 9.50 Å². The van der Waals surface area contributed by atoms with Gasteiger partial charge in [0, 0.05) is 18.3 Å². The van der Waals surface area contributed by atoms with E-state index < -0.39 is 0 Å². The lowest BCUT2D eigenvalue weighted by Crippen LogP contribution is -2.32. The molecule has 1 aromatic heterocycles. The zero-order chi connectivity index (χ0) is 17.1. The molecule has 3 rings (SSSR count). The van der Waals surface area contributed by atoms with Crippen LogP contribution in [0.4, 0.5) is 15.9 Å². The number of hydrogen-bond donors (Lipinski definition) is 2. The molecular formula is C18H25FN4O. The zero-order valence-electron chi connectivity index (χ0n) is 14.2. The molecular weight excluding hydrogens is 307 g/mol. The molecule has 130 valence electrons. The molecule has 0 radical (unpaired) electrons. The van der Waals surface area contributed by atoms with E-state index >= 15 is 0 Å². The Balaban J connectivity index is 1.86. The SMILES string of the molecule is CC[C@@H](C)Nc1cn(-c2cc(F)cc(N3CCC[C@H]3CO)c2)cn1. The van der Waals surface area contributed by atoms with Crippen molar-refractivity contribution >= 4 is 11.5 Å². The fourth-order valence-corrected chi connectivity index (χ4v) is 3.13. The van der Waals surface area contributed by atoms with Crippen LogP contribution in [-0.4, -0.2) is 39.9 Å². The highest BCUT2D eigenvalue weighted by molar-refractivity contribution is 5.55. The van der Waals surface area contributed by atoms with Crippen molar-refractivity contribution in [3.63, 3.8) is 0 Å². The van der Waals surface area contributed by atoms with E-state index in [1.54, 1.807) is 6.33 Å². The van der Waals surface area contributed by atoms with Crippen molar-refractivity contribution in [2.75, 3.05) is 23.4 Å². The standard InChI is InChI=1S/C18H25FN4O/c1-3-13(2)21-18-10-22(12-20-18)16-7-14(19)8-17(9-16)23-6-4-5-15(23)11-24/h7-10,12-13,15,21,24H,3-6,11H2,1-2H3/t13-,15+/m1/s1. The molecule has 0 unspecified atom stereocenters. The number of aliphatic hydroxyl groups excluding tert-OH is 1. The highest BCUT2D eigenvalue weighted by Gasteiger charge is 2.24. The Kier molecular flexibility index (Phi) is 5.04. The number of aromatic nitrogens is 2. The van der Waals surface area contributed by atoms with E-state index in [9.17, 15) is 9.50 Å². The maximum atomic E-state index is 14.1. The molecule has 0 aliphatic carbocycles. The molecule has 0 saturated carbocycles. The summed E-state index contributed by atoms with van der Waals surface area (Å²) in [6, 6.07) is 5.40. The van der Waals surface area contributed by atoms with Gasteiger partial charge in [0.25, 0.3) is 0 Å². The Labute approximate surface area is 142 Å². The molecule has 1 saturated heterocycles. The molecule has 5 nitrogen and oxygen atoms in total. The summed E-state index contributed by atoms with van der Waals surface area (Å²) in [4.78, 5) is 6.43. The lowest BCUT2D eigenvalue weighted by atomic mass is 10.2. The fraction of sp³-hybridized carbons (Fsp3) is 0.500. The molecule has 2 N–H and O–H groups in total. The zero-order valence-corrected chi connectivity index (χ0v) is 14.2. The third kappa shape index (κ3) is 3.53. The molecule has 0 bridgehead atoms. The second-order valence-electron chi connectivity index (χ2n) is 6.46. The van der Waals surface area contributed by atoms with Crippen LogP contribution in [0.5, 0.6) is 0 Å². The Morgan fingerprint density at radius 1 is 1.38 bits per heavy atom.